The van der Waals surface area contributed by atoms with E-state index >= 15 is 0 Å². The molecule has 8 heteroatoms. The minimum absolute atomic E-state index is 0.196. The van der Waals surface area contributed by atoms with Gasteiger partial charge in [0, 0.05) is 44.7 Å². The molecule has 8 nitrogen and oxygen atoms in total. The first-order valence-electron chi connectivity index (χ1n) is 10.4. The monoisotopic (exact) mass is 420 g/mol. The van der Waals surface area contributed by atoms with Crippen molar-refractivity contribution < 1.29 is 9.15 Å². The number of nitrogens with zero attached hydrogens (tertiary/aromatic N) is 3. The predicted molar refractivity (Wildman–Crippen MR) is 120 cm³/mol. The highest BCUT2D eigenvalue weighted by atomic mass is 16.5. The van der Waals surface area contributed by atoms with Crippen molar-refractivity contribution in [3.05, 3.63) is 69.4 Å². The zero-order chi connectivity index (χ0) is 21.4. The maximum Gasteiger partial charge on any atom is 0.329 e. The van der Waals surface area contributed by atoms with Gasteiger partial charge in [-0.1, -0.05) is 24.3 Å². The van der Waals surface area contributed by atoms with Crippen molar-refractivity contribution in [2.45, 2.75) is 6.54 Å². The number of piperazine rings is 1. The van der Waals surface area contributed by atoms with E-state index in [-0.39, 0.29) is 11.1 Å². The molecule has 0 aliphatic carbocycles. The van der Waals surface area contributed by atoms with E-state index in [9.17, 15) is 9.59 Å². The van der Waals surface area contributed by atoms with Crippen LogP contribution in [0.4, 0.5) is 5.69 Å². The second kappa shape index (κ2) is 7.96. The minimum atomic E-state index is -0.406. The van der Waals surface area contributed by atoms with Gasteiger partial charge >= 0.3 is 5.69 Å². The second-order valence-electron chi connectivity index (χ2n) is 7.69. The highest BCUT2D eigenvalue weighted by molar-refractivity contribution is 6.01. The fourth-order valence-corrected chi connectivity index (χ4v) is 4.26. The van der Waals surface area contributed by atoms with Crippen LogP contribution in [0.3, 0.4) is 0 Å². The number of hydrogen-bond donors (Lipinski definition) is 1. The Labute approximate surface area is 178 Å². The third-order valence-electron chi connectivity index (χ3n) is 5.95. The molecule has 3 heterocycles. The van der Waals surface area contributed by atoms with E-state index in [0.717, 1.165) is 43.0 Å². The van der Waals surface area contributed by atoms with E-state index in [2.05, 4.69) is 20.9 Å². The molecule has 0 atom stereocenters. The third kappa shape index (κ3) is 3.48. The second-order valence-corrected chi connectivity index (χ2v) is 7.69. The summed E-state index contributed by atoms with van der Waals surface area (Å²) in [6.07, 6.45) is 0. The number of furan rings is 1. The molecule has 0 bridgehead atoms. The van der Waals surface area contributed by atoms with Crippen molar-refractivity contribution in [2.75, 3.05) is 44.7 Å². The van der Waals surface area contributed by atoms with Crippen LogP contribution in [0.15, 0.2) is 62.5 Å². The van der Waals surface area contributed by atoms with Gasteiger partial charge in [-0.3, -0.25) is 14.3 Å². The Bertz CT molecular complexity index is 1350. The van der Waals surface area contributed by atoms with E-state index in [4.69, 9.17) is 9.15 Å². The quantitative estimate of drug-likeness (QED) is 0.533. The summed E-state index contributed by atoms with van der Waals surface area (Å²) in [6.45, 7) is 4.34. The Hall–Kier alpha value is -3.52. The van der Waals surface area contributed by atoms with Gasteiger partial charge in [-0.25, -0.2) is 4.79 Å². The van der Waals surface area contributed by atoms with Gasteiger partial charge in [0.1, 0.15) is 16.8 Å². The van der Waals surface area contributed by atoms with Crippen LogP contribution in [-0.2, 0) is 6.54 Å². The number of aromatic amines is 1. The van der Waals surface area contributed by atoms with Gasteiger partial charge in [0.15, 0.2) is 0 Å². The maximum absolute atomic E-state index is 12.9. The molecule has 1 fully saturated rings. The SMILES string of the molecule is COc1ccccc1N1CCN(CCn2c(=O)[nH]c3c(oc4ccccc43)c2=O)CC1. The average molecular weight is 420 g/mol. The number of nitrogens with one attached hydrogen (secondary N) is 1. The van der Waals surface area contributed by atoms with Gasteiger partial charge in [-0.2, -0.15) is 0 Å². The highest BCUT2D eigenvalue weighted by Gasteiger charge is 2.20. The van der Waals surface area contributed by atoms with Crippen molar-refractivity contribution in [1.29, 1.82) is 0 Å². The van der Waals surface area contributed by atoms with Gasteiger partial charge in [-0.15, -0.1) is 0 Å². The van der Waals surface area contributed by atoms with E-state index in [1.165, 1.54) is 4.57 Å². The molecule has 2 aromatic heterocycles. The van der Waals surface area contributed by atoms with Crippen LogP contribution in [0.1, 0.15) is 0 Å². The summed E-state index contributed by atoms with van der Waals surface area (Å²) in [5.41, 5.74) is 1.55. The van der Waals surface area contributed by atoms with Gasteiger partial charge < -0.3 is 19.0 Å². The molecule has 1 aliphatic rings. The molecule has 0 spiro atoms. The first-order valence-corrected chi connectivity index (χ1v) is 10.4. The van der Waals surface area contributed by atoms with Crippen LogP contribution in [0.5, 0.6) is 5.75 Å². The van der Waals surface area contributed by atoms with Crippen molar-refractivity contribution in [3.63, 3.8) is 0 Å². The van der Waals surface area contributed by atoms with E-state index in [1.807, 2.05) is 36.4 Å². The summed E-state index contributed by atoms with van der Waals surface area (Å²) in [6, 6.07) is 15.3. The van der Waals surface area contributed by atoms with Gasteiger partial charge in [0.25, 0.3) is 5.56 Å². The zero-order valence-corrected chi connectivity index (χ0v) is 17.3. The van der Waals surface area contributed by atoms with Crippen LogP contribution < -0.4 is 20.9 Å². The number of benzene rings is 2. The van der Waals surface area contributed by atoms with Crippen molar-refractivity contribution in [1.82, 2.24) is 14.5 Å². The molecule has 5 rings (SSSR count). The Balaban J connectivity index is 1.30. The number of rotatable bonds is 5. The maximum atomic E-state index is 12.9. The molecular formula is C23H24N4O4. The number of ether oxygens (including phenoxy) is 1. The lowest BCUT2D eigenvalue weighted by Gasteiger charge is -2.36. The van der Waals surface area contributed by atoms with Gasteiger partial charge in [0.2, 0.25) is 5.58 Å². The van der Waals surface area contributed by atoms with Crippen LogP contribution in [0.2, 0.25) is 0 Å². The molecule has 1 N–H and O–H groups in total. The first-order chi connectivity index (χ1) is 15.2. The average Bonchev–Trinajstić information content (AvgIpc) is 3.18. The molecule has 0 amide bonds. The molecule has 0 saturated carbocycles. The molecule has 31 heavy (non-hydrogen) atoms. The molecule has 1 saturated heterocycles. The topological polar surface area (TPSA) is 83.7 Å². The number of fused-ring (bicyclic) bond motifs is 3. The fraction of sp³-hybridized carbons (Fsp3) is 0.304. The Kier molecular flexibility index (Phi) is 4.99. The number of anilines is 1. The van der Waals surface area contributed by atoms with Crippen molar-refractivity contribution >= 4 is 27.8 Å². The van der Waals surface area contributed by atoms with Crippen LogP contribution in [-0.4, -0.2) is 54.3 Å². The lowest BCUT2D eigenvalue weighted by Crippen LogP contribution is -2.48. The molecule has 1 aliphatic heterocycles. The van der Waals surface area contributed by atoms with E-state index in [0.29, 0.717) is 24.2 Å². The fourth-order valence-electron chi connectivity index (χ4n) is 4.26. The molecule has 0 unspecified atom stereocenters. The molecule has 0 radical (unpaired) electrons. The third-order valence-corrected chi connectivity index (χ3v) is 5.95. The highest BCUT2D eigenvalue weighted by Crippen LogP contribution is 2.28. The largest absolute Gasteiger partial charge is 0.495 e. The number of hydrogen-bond acceptors (Lipinski definition) is 6. The summed E-state index contributed by atoms with van der Waals surface area (Å²) < 4.78 is 12.4. The van der Waals surface area contributed by atoms with E-state index in [1.54, 1.807) is 13.2 Å². The smallest absolute Gasteiger partial charge is 0.329 e. The van der Waals surface area contributed by atoms with Crippen molar-refractivity contribution in [2.24, 2.45) is 0 Å². The Morgan fingerprint density at radius 1 is 0.968 bits per heavy atom. The van der Waals surface area contributed by atoms with Crippen LogP contribution >= 0.6 is 0 Å². The summed E-state index contributed by atoms with van der Waals surface area (Å²) in [5.74, 6) is 0.869. The van der Waals surface area contributed by atoms with Crippen molar-refractivity contribution in [3.8, 4) is 5.75 Å². The number of H-pyrrole nitrogens is 1. The minimum Gasteiger partial charge on any atom is -0.495 e. The normalized spacial score (nSPS) is 15.1. The predicted octanol–water partition coefficient (Wildman–Crippen LogP) is 2.27. The summed E-state index contributed by atoms with van der Waals surface area (Å²) in [7, 11) is 1.68. The molecular weight excluding hydrogens is 396 g/mol. The summed E-state index contributed by atoms with van der Waals surface area (Å²) in [4.78, 5) is 32.9. The Morgan fingerprint density at radius 3 is 2.52 bits per heavy atom. The van der Waals surface area contributed by atoms with Crippen LogP contribution in [0, 0.1) is 0 Å². The van der Waals surface area contributed by atoms with Gasteiger partial charge in [0.05, 0.1) is 12.8 Å². The first kappa shape index (κ1) is 19.4. The molecule has 4 aromatic rings. The number of methoxy groups -OCH3 is 1. The zero-order valence-electron chi connectivity index (χ0n) is 17.3. The van der Waals surface area contributed by atoms with Crippen LogP contribution in [0.25, 0.3) is 22.1 Å². The Morgan fingerprint density at radius 2 is 1.71 bits per heavy atom. The summed E-state index contributed by atoms with van der Waals surface area (Å²) >= 11 is 0. The standard InChI is InChI=1S/C23H24N4O4/c1-30-19-9-5-3-7-17(19)26-13-10-25(11-14-26)12-15-27-22(28)21-20(24-23(27)29)16-6-2-4-8-18(16)31-21/h2-9H,10-15H2,1H3,(H,24,29). The lowest BCUT2D eigenvalue weighted by molar-refractivity contribution is 0.245. The van der Waals surface area contributed by atoms with Gasteiger partial charge in [-0.05, 0) is 24.3 Å². The number of para-hydroxylation sites is 3. The number of aromatic nitrogens is 2. The van der Waals surface area contributed by atoms with E-state index < -0.39 is 5.69 Å². The molecule has 2 aromatic carbocycles. The lowest BCUT2D eigenvalue weighted by atomic mass is 10.2. The molecule has 160 valence electrons. The summed E-state index contributed by atoms with van der Waals surface area (Å²) in [5, 5.41) is 0.742.